The van der Waals surface area contributed by atoms with Crippen molar-refractivity contribution < 1.29 is 4.74 Å². The first-order valence-electron chi connectivity index (χ1n) is 5.24. The average molecular weight is 271 g/mol. The van der Waals surface area contributed by atoms with Gasteiger partial charge in [0, 0.05) is 13.2 Å². The maximum atomic E-state index is 5.51. The van der Waals surface area contributed by atoms with Crippen molar-refractivity contribution in [1.82, 2.24) is 4.98 Å². The largest absolute Gasteiger partial charge is 0.379 e. The van der Waals surface area contributed by atoms with Gasteiger partial charge in [-0.1, -0.05) is 6.07 Å². The molecule has 1 fully saturated rings. The second-order valence-corrected chi connectivity index (χ2v) is 4.60. The summed E-state index contributed by atoms with van der Waals surface area (Å²) in [5, 5.41) is 0. The molecule has 15 heavy (non-hydrogen) atoms. The number of rotatable bonds is 1. The summed E-state index contributed by atoms with van der Waals surface area (Å²) in [4.78, 5) is 6.78. The van der Waals surface area contributed by atoms with Crippen LogP contribution < -0.4 is 4.90 Å². The Morgan fingerprint density at radius 3 is 3.20 bits per heavy atom. The summed E-state index contributed by atoms with van der Waals surface area (Å²) in [6.07, 6.45) is 1.07. The third-order valence-corrected chi connectivity index (χ3v) is 3.02. The summed E-state index contributed by atoms with van der Waals surface area (Å²) < 4.78 is 6.39. The Morgan fingerprint density at radius 1 is 1.53 bits per heavy atom. The van der Waals surface area contributed by atoms with E-state index in [0.717, 1.165) is 36.6 Å². The highest BCUT2D eigenvalue weighted by Crippen LogP contribution is 2.19. The molecule has 2 rings (SSSR count). The van der Waals surface area contributed by atoms with Crippen molar-refractivity contribution in [2.45, 2.75) is 19.4 Å². The minimum atomic E-state index is 0.397. The fraction of sp³-hybridized carbons (Fsp3) is 0.545. The van der Waals surface area contributed by atoms with Crippen molar-refractivity contribution in [1.29, 1.82) is 0 Å². The van der Waals surface area contributed by atoms with Crippen LogP contribution in [0.1, 0.15) is 13.3 Å². The van der Waals surface area contributed by atoms with Crippen LogP contribution >= 0.6 is 15.9 Å². The van der Waals surface area contributed by atoms with E-state index >= 15 is 0 Å². The number of ether oxygens (including phenoxy) is 1. The first-order chi connectivity index (χ1) is 7.27. The summed E-state index contributed by atoms with van der Waals surface area (Å²) in [5.41, 5.74) is 0. The van der Waals surface area contributed by atoms with E-state index < -0.39 is 0 Å². The Balaban J connectivity index is 2.20. The van der Waals surface area contributed by atoms with Gasteiger partial charge in [0.05, 0.1) is 12.6 Å². The van der Waals surface area contributed by atoms with Crippen LogP contribution in [0.15, 0.2) is 22.8 Å². The average Bonchev–Trinajstić information content (AvgIpc) is 2.43. The molecule has 0 aromatic carbocycles. The number of hydrogen-bond donors (Lipinski definition) is 0. The standard InChI is InChI=1S/C11H15BrN2O/c1-9-8-15-7-3-6-14(9)11-5-2-4-10(12)13-11/h2,4-5,9H,3,6-8H2,1H3. The van der Waals surface area contributed by atoms with Gasteiger partial charge in [-0.25, -0.2) is 4.98 Å². The highest BCUT2D eigenvalue weighted by atomic mass is 79.9. The fourth-order valence-electron chi connectivity index (χ4n) is 1.80. The molecule has 0 aliphatic carbocycles. The minimum absolute atomic E-state index is 0.397. The van der Waals surface area contributed by atoms with Gasteiger partial charge in [-0.3, -0.25) is 0 Å². The van der Waals surface area contributed by atoms with Gasteiger partial charge in [0.15, 0.2) is 0 Å². The summed E-state index contributed by atoms with van der Waals surface area (Å²) >= 11 is 3.40. The monoisotopic (exact) mass is 270 g/mol. The highest BCUT2D eigenvalue weighted by molar-refractivity contribution is 9.10. The van der Waals surface area contributed by atoms with E-state index in [1.54, 1.807) is 0 Å². The Labute approximate surface area is 98.6 Å². The second-order valence-electron chi connectivity index (χ2n) is 3.79. The smallest absolute Gasteiger partial charge is 0.130 e. The first-order valence-corrected chi connectivity index (χ1v) is 6.03. The van der Waals surface area contributed by atoms with E-state index in [1.807, 2.05) is 18.2 Å². The van der Waals surface area contributed by atoms with Crippen LogP contribution in [0.4, 0.5) is 5.82 Å². The number of pyridine rings is 1. The predicted molar refractivity (Wildman–Crippen MR) is 64.2 cm³/mol. The summed E-state index contributed by atoms with van der Waals surface area (Å²) in [7, 11) is 0. The molecule has 3 nitrogen and oxygen atoms in total. The number of nitrogens with zero attached hydrogens (tertiary/aromatic N) is 2. The molecule has 0 radical (unpaired) electrons. The number of halogens is 1. The van der Waals surface area contributed by atoms with Crippen molar-refractivity contribution in [3.8, 4) is 0 Å². The molecule has 0 bridgehead atoms. The highest BCUT2D eigenvalue weighted by Gasteiger charge is 2.18. The van der Waals surface area contributed by atoms with Crippen LogP contribution in [-0.2, 0) is 4.74 Å². The van der Waals surface area contributed by atoms with Crippen LogP contribution in [0.25, 0.3) is 0 Å². The minimum Gasteiger partial charge on any atom is -0.379 e. The normalized spacial score (nSPS) is 22.5. The third kappa shape index (κ3) is 2.69. The molecule has 1 aromatic rings. The maximum absolute atomic E-state index is 5.51. The summed E-state index contributed by atoms with van der Waals surface area (Å²) in [6, 6.07) is 6.41. The number of aromatic nitrogens is 1. The molecule has 0 N–H and O–H groups in total. The summed E-state index contributed by atoms with van der Waals surface area (Å²) in [5.74, 6) is 1.03. The van der Waals surface area contributed by atoms with Crippen molar-refractivity contribution in [3.63, 3.8) is 0 Å². The van der Waals surface area contributed by atoms with Gasteiger partial charge < -0.3 is 9.64 Å². The van der Waals surface area contributed by atoms with Crippen molar-refractivity contribution in [2.24, 2.45) is 0 Å². The van der Waals surface area contributed by atoms with Gasteiger partial charge in [0.25, 0.3) is 0 Å². The molecule has 1 aliphatic heterocycles. The Bertz CT molecular complexity index is 332. The molecule has 1 aromatic heterocycles. The molecule has 1 atom stereocenters. The van der Waals surface area contributed by atoms with Crippen LogP contribution in [0, 0.1) is 0 Å². The zero-order chi connectivity index (χ0) is 10.7. The number of anilines is 1. The molecule has 1 aliphatic rings. The van der Waals surface area contributed by atoms with Crippen LogP contribution in [-0.4, -0.2) is 30.8 Å². The van der Waals surface area contributed by atoms with Gasteiger partial charge in [-0.15, -0.1) is 0 Å². The fourth-order valence-corrected chi connectivity index (χ4v) is 2.13. The Kier molecular flexibility index (Phi) is 3.59. The van der Waals surface area contributed by atoms with Gasteiger partial charge in [-0.05, 0) is 41.4 Å². The SMILES string of the molecule is CC1COCCCN1c1cccc(Br)n1. The molecule has 1 unspecified atom stereocenters. The molecule has 0 saturated carbocycles. The van der Waals surface area contributed by atoms with Gasteiger partial charge in [-0.2, -0.15) is 0 Å². The third-order valence-electron chi connectivity index (χ3n) is 2.57. The second kappa shape index (κ2) is 4.94. The van der Waals surface area contributed by atoms with Gasteiger partial charge in [0.1, 0.15) is 10.4 Å². The Morgan fingerprint density at radius 2 is 2.40 bits per heavy atom. The molecular formula is C11H15BrN2O. The summed E-state index contributed by atoms with van der Waals surface area (Å²) in [6.45, 7) is 4.83. The van der Waals surface area contributed by atoms with E-state index in [9.17, 15) is 0 Å². The molecule has 0 amide bonds. The molecular weight excluding hydrogens is 256 g/mol. The van der Waals surface area contributed by atoms with E-state index in [2.05, 4.69) is 32.7 Å². The van der Waals surface area contributed by atoms with Crippen molar-refractivity contribution in [2.75, 3.05) is 24.7 Å². The zero-order valence-corrected chi connectivity index (χ0v) is 10.4. The lowest BCUT2D eigenvalue weighted by Crippen LogP contribution is -2.35. The van der Waals surface area contributed by atoms with Crippen LogP contribution in [0.2, 0.25) is 0 Å². The number of hydrogen-bond acceptors (Lipinski definition) is 3. The lowest BCUT2D eigenvalue weighted by atomic mass is 10.3. The molecule has 4 heteroatoms. The van der Waals surface area contributed by atoms with Crippen molar-refractivity contribution in [3.05, 3.63) is 22.8 Å². The quantitative estimate of drug-likeness (QED) is 0.734. The first kappa shape index (κ1) is 10.9. The molecule has 2 heterocycles. The van der Waals surface area contributed by atoms with E-state index in [-0.39, 0.29) is 0 Å². The predicted octanol–water partition coefficient (Wildman–Crippen LogP) is 2.46. The zero-order valence-electron chi connectivity index (χ0n) is 8.82. The molecule has 82 valence electrons. The maximum Gasteiger partial charge on any atom is 0.130 e. The van der Waals surface area contributed by atoms with E-state index in [0.29, 0.717) is 6.04 Å². The van der Waals surface area contributed by atoms with E-state index in [1.165, 1.54) is 0 Å². The molecule has 0 spiro atoms. The molecule has 1 saturated heterocycles. The van der Waals surface area contributed by atoms with Crippen LogP contribution in [0.3, 0.4) is 0 Å². The lowest BCUT2D eigenvalue weighted by Gasteiger charge is -2.27. The van der Waals surface area contributed by atoms with Gasteiger partial charge >= 0.3 is 0 Å². The van der Waals surface area contributed by atoms with E-state index in [4.69, 9.17) is 4.74 Å². The Hall–Kier alpha value is -0.610. The van der Waals surface area contributed by atoms with Crippen LogP contribution in [0.5, 0.6) is 0 Å². The van der Waals surface area contributed by atoms with Gasteiger partial charge in [0.2, 0.25) is 0 Å². The topological polar surface area (TPSA) is 25.4 Å². The van der Waals surface area contributed by atoms with Crippen molar-refractivity contribution >= 4 is 21.7 Å². The lowest BCUT2D eigenvalue weighted by molar-refractivity contribution is 0.137.